The fourth-order valence-corrected chi connectivity index (χ4v) is 4.34. The number of benzene rings is 2. The second-order valence-corrected chi connectivity index (χ2v) is 10.2. The number of hydrogen-bond acceptors (Lipinski definition) is 5. The Morgan fingerprint density at radius 2 is 1.72 bits per heavy atom. The van der Waals surface area contributed by atoms with Crippen LogP contribution < -0.4 is 15.8 Å². The molecule has 39 heavy (non-hydrogen) atoms. The molecular weight excluding hydrogens is 584 g/mol. The second-order valence-electron chi connectivity index (χ2n) is 8.55. The molecule has 12 heteroatoms. The van der Waals surface area contributed by atoms with Crippen molar-refractivity contribution in [3.8, 4) is 22.8 Å². The van der Waals surface area contributed by atoms with Crippen molar-refractivity contribution in [2.75, 3.05) is 6.61 Å². The molecule has 4 rings (SSSR count). The zero-order chi connectivity index (χ0) is 27.9. The Morgan fingerprint density at radius 1 is 0.974 bits per heavy atom. The lowest BCUT2D eigenvalue weighted by molar-refractivity contribution is -0.127. The maximum Gasteiger partial charge on any atom is 0.240 e. The number of carbonyl (C=O) groups excluding carboxylic acids is 2. The highest BCUT2D eigenvalue weighted by Gasteiger charge is 2.19. The van der Waals surface area contributed by atoms with E-state index < -0.39 is 11.9 Å². The standard InChI is InChI=1S/C27H23Cl4N5O3/c28-19-7-5-16(11-21(19)30)12-24(27(32)38)34-25(37)4-2-10-39-26-14-23(17-3-1-9-33-15-17)35-36(26)18-6-8-20(29)22(31)13-18/h1,3,5-9,11,13-15,24H,2,4,10,12H2,(H2,32,38)(H,34,37)/t24-/m0/s1. The number of halogens is 4. The number of primary amides is 1. The van der Waals surface area contributed by atoms with Crippen molar-refractivity contribution in [2.24, 2.45) is 5.73 Å². The van der Waals surface area contributed by atoms with Crippen LogP contribution in [-0.2, 0) is 16.0 Å². The zero-order valence-electron chi connectivity index (χ0n) is 20.4. The quantitative estimate of drug-likeness (QED) is 0.206. The molecule has 0 saturated heterocycles. The first-order chi connectivity index (χ1) is 18.7. The smallest absolute Gasteiger partial charge is 0.240 e. The molecule has 202 valence electrons. The van der Waals surface area contributed by atoms with Gasteiger partial charge in [-0.1, -0.05) is 52.5 Å². The molecule has 0 aliphatic heterocycles. The molecule has 0 saturated carbocycles. The van der Waals surface area contributed by atoms with Crippen LogP contribution >= 0.6 is 46.4 Å². The summed E-state index contributed by atoms with van der Waals surface area (Å²) in [5, 5.41) is 8.87. The van der Waals surface area contributed by atoms with Crippen molar-refractivity contribution < 1.29 is 14.3 Å². The number of pyridine rings is 1. The third-order valence-corrected chi connectivity index (χ3v) is 7.16. The molecule has 0 aliphatic rings. The van der Waals surface area contributed by atoms with E-state index in [0.29, 0.717) is 43.8 Å². The number of nitrogens with two attached hydrogens (primary N) is 1. The summed E-state index contributed by atoms with van der Waals surface area (Å²) < 4.78 is 7.59. The first kappa shape index (κ1) is 28.7. The van der Waals surface area contributed by atoms with Crippen LogP contribution in [0.4, 0.5) is 0 Å². The molecule has 0 radical (unpaired) electrons. The average Bonchev–Trinajstić information content (AvgIpc) is 3.34. The topological polar surface area (TPSA) is 112 Å². The Balaban J connectivity index is 1.39. The van der Waals surface area contributed by atoms with E-state index in [0.717, 1.165) is 11.1 Å². The van der Waals surface area contributed by atoms with E-state index in [1.807, 2.05) is 12.1 Å². The molecule has 0 fully saturated rings. The van der Waals surface area contributed by atoms with Gasteiger partial charge >= 0.3 is 0 Å². The lowest BCUT2D eigenvalue weighted by atomic mass is 10.1. The number of carbonyl (C=O) groups is 2. The lowest BCUT2D eigenvalue weighted by Crippen LogP contribution is -2.45. The molecule has 8 nitrogen and oxygen atoms in total. The van der Waals surface area contributed by atoms with Crippen LogP contribution in [0.5, 0.6) is 5.88 Å². The number of rotatable bonds is 11. The van der Waals surface area contributed by atoms with Gasteiger partial charge in [0.1, 0.15) is 6.04 Å². The van der Waals surface area contributed by atoms with Crippen molar-refractivity contribution in [2.45, 2.75) is 25.3 Å². The molecule has 3 N–H and O–H groups in total. The summed E-state index contributed by atoms with van der Waals surface area (Å²) in [4.78, 5) is 28.6. The highest BCUT2D eigenvalue weighted by atomic mass is 35.5. The molecule has 2 aromatic heterocycles. The van der Waals surface area contributed by atoms with Gasteiger partial charge in [0, 0.05) is 36.9 Å². The summed E-state index contributed by atoms with van der Waals surface area (Å²) >= 11 is 24.3. The van der Waals surface area contributed by atoms with Gasteiger partial charge in [-0.3, -0.25) is 14.6 Å². The van der Waals surface area contributed by atoms with Crippen molar-refractivity contribution in [1.29, 1.82) is 0 Å². The molecule has 2 amide bonds. The molecule has 1 atom stereocenters. The van der Waals surface area contributed by atoms with Gasteiger partial charge in [-0.2, -0.15) is 5.10 Å². The fourth-order valence-electron chi connectivity index (χ4n) is 3.72. The Kier molecular flexibility index (Phi) is 9.69. The highest BCUT2D eigenvalue weighted by molar-refractivity contribution is 6.42. The molecule has 0 unspecified atom stereocenters. The van der Waals surface area contributed by atoms with Crippen LogP contribution in [0, 0.1) is 0 Å². The minimum Gasteiger partial charge on any atom is -0.478 e. The van der Waals surface area contributed by atoms with Gasteiger partial charge in [0.2, 0.25) is 17.7 Å². The van der Waals surface area contributed by atoms with E-state index in [4.69, 9.17) is 56.9 Å². The van der Waals surface area contributed by atoms with Gasteiger partial charge in [0.25, 0.3) is 0 Å². The van der Waals surface area contributed by atoms with Gasteiger partial charge in [-0.25, -0.2) is 4.68 Å². The summed E-state index contributed by atoms with van der Waals surface area (Å²) in [6.07, 6.45) is 4.05. The number of amides is 2. The molecule has 4 aromatic rings. The average molecular weight is 607 g/mol. The van der Waals surface area contributed by atoms with Gasteiger partial charge in [0.05, 0.1) is 38.1 Å². The van der Waals surface area contributed by atoms with E-state index in [-0.39, 0.29) is 25.4 Å². The summed E-state index contributed by atoms with van der Waals surface area (Å²) in [5.74, 6) is -0.544. The molecular formula is C27H23Cl4N5O3. The van der Waals surface area contributed by atoms with Crippen LogP contribution in [0.15, 0.2) is 67.0 Å². The van der Waals surface area contributed by atoms with E-state index in [1.165, 1.54) is 0 Å². The lowest BCUT2D eigenvalue weighted by Gasteiger charge is -2.16. The van der Waals surface area contributed by atoms with E-state index >= 15 is 0 Å². The number of aromatic nitrogens is 3. The first-order valence-electron chi connectivity index (χ1n) is 11.8. The monoisotopic (exact) mass is 605 g/mol. The minimum atomic E-state index is -0.895. The molecule has 0 bridgehead atoms. The second kappa shape index (κ2) is 13.2. The molecule has 2 aromatic carbocycles. The largest absolute Gasteiger partial charge is 0.478 e. The third-order valence-electron chi connectivity index (χ3n) is 5.68. The van der Waals surface area contributed by atoms with Crippen LogP contribution in [0.2, 0.25) is 20.1 Å². The fraction of sp³-hybridized carbons (Fsp3) is 0.185. The summed E-state index contributed by atoms with van der Waals surface area (Å²) in [7, 11) is 0. The van der Waals surface area contributed by atoms with Crippen molar-refractivity contribution >= 4 is 58.2 Å². The third kappa shape index (κ3) is 7.64. The van der Waals surface area contributed by atoms with Gasteiger partial charge < -0.3 is 15.8 Å². The van der Waals surface area contributed by atoms with Crippen LogP contribution in [0.3, 0.4) is 0 Å². The number of ether oxygens (including phenoxy) is 1. The van der Waals surface area contributed by atoms with Crippen LogP contribution in [-0.4, -0.2) is 39.2 Å². The highest BCUT2D eigenvalue weighted by Crippen LogP contribution is 2.30. The molecule has 2 heterocycles. The van der Waals surface area contributed by atoms with Crippen molar-refractivity contribution in [1.82, 2.24) is 20.1 Å². The number of nitrogens with zero attached hydrogens (tertiary/aromatic N) is 3. The van der Waals surface area contributed by atoms with Crippen LogP contribution in [0.25, 0.3) is 16.9 Å². The Labute approximate surface area is 245 Å². The van der Waals surface area contributed by atoms with Crippen molar-refractivity contribution in [3.05, 3.63) is 92.6 Å². The minimum absolute atomic E-state index is 0.113. The van der Waals surface area contributed by atoms with E-state index in [1.54, 1.807) is 59.5 Å². The number of nitrogens with one attached hydrogen (secondary N) is 1. The van der Waals surface area contributed by atoms with Gasteiger partial charge in [-0.05, 0) is 54.4 Å². The van der Waals surface area contributed by atoms with Crippen LogP contribution in [0.1, 0.15) is 18.4 Å². The normalized spacial score (nSPS) is 11.7. The predicted molar refractivity (Wildman–Crippen MR) is 153 cm³/mol. The maximum absolute atomic E-state index is 12.6. The Hall–Kier alpha value is -3.30. The Morgan fingerprint density at radius 3 is 2.38 bits per heavy atom. The van der Waals surface area contributed by atoms with Gasteiger partial charge in [-0.15, -0.1) is 0 Å². The first-order valence-corrected chi connectivity index (χ1v) is 13.3. The number of hydrogen-bond donors (Lipinski definition) is 2. The van der Waals surface area contributed by atoms with Crippen molar-refractivity contribution in [3.63, 3.8) is 0 Å². The molecule has 0 spiro atoms. The Bertz CT molecular complexity index is 1480. The van der Waals surface area contributed by atoms with Gasteiger partial charge in [0.15, 0.2) is 0 Å². The van der Waals surface area contributed by atoms with E-state index in [9.17, 15) is 9.59 Å². The zero-order valence-corrected chi connectivity index (χ0v) is 23.4. The predicted octanol–water partition coefficient (Wildman–Crippen LogP) is 5.92. The summed E-state index contributed by atoms with van der Waals surface area (Å²) in [6.45, 7) is 0.209. The summed E-state index contributed by atoms with van der Waals surface area (Å²) in [5.41, 5.74) is 8.33. The summed E-state index contributed by atoms with van der Waals surface area (Å²) in [6, 6.07) is 14.7. The maximum atomic E-state index is 12.6. The van der Waals surface area contributed by atoms with E-state index in [2.05, 4.69) is 15.4 Å². The SMILES string of the molecule is NC(=O)[C@H](Cc1ccc(Cl)c(Cl)c1)NC(=O)CCCOc1cc(-c2cccnc2)nn1-c1ccc(Cl)c(Cl)c1. The molecule has 0 aliphatic carbocycles.